The number of nitrogens with zero attached hydrogens (tertiary/aromatic N) is 1. The lowest BCUT2D eigenvalue weighted by atomic mass is 10.1. The van der Waals surface area contributed by atoms with Gasteiger partial charge in [0.15, 0.2) is 6.61 Å². The van der Waals surface area contributed by atoms with Crippen LogP contribution in [0.25, 0.3) is 0 Å². The van der Waals surface area contributed by atoms with Crippen LogP contribution in [0, 0.1) is 11.3 Å². The van der Waals surface area contributed by atoms with Crippen LogP contribution >= 0.6 is 0 Å². The molecule has 0 aliphatic rings. The molecule has 80 valence electrons. The van der Waals surface area contributed by atoms with Crippen molar-refractivity contribution in [2.45, 2.75) is 12.6 Å². The Kier molecular flexibility index (Phi) is 3.56. The summed E-state index contributed by atoms with van der Waals surface area (Å²) in [5, 5.41) is 8.44. The lowest BCUT2D eigenvalue weighted by Crippen LogP contribution is -2.19. The molecule has 0 radical (unpaired) electrons. The van der Waals surface area contributed by atoms with Gasteiger partial charge in [-0.05, 0) is 6.07 Å². The molecular formula is C10H8F3NO. The van der Waals surface area contributed by atoms with Gasteiger partial charge in [-0.2, -0.15) is 18.4 Å². The summed E-state index contributed by atoms with van der Waals surface area (Å²) in [6, 6.07) is 8.05. The Morgan fingerprint density at radius 2 is 1.93 bits per heavy atom. The normalized spacial score (nSPS) is 10.8. The average molecular weight is 215 g/mol. The van der Waals surface area contributed by atoms with Gasteiger partial charge in [-0.3, -0.25) is 0 Å². The highest BCUT2D eigenvalue weighted by Crippen LogP contribution is 2.22. The Labute approximate surface area is 84.9 Å². The molecule has 0 amide bonds. The first-order valence-corrected chi connectivity index (χ1v) is 4.17. The van der Waals surface area contributed by atoms with Crippen molar-refractivity contribution in [2.24, 2.45) is 0 Å². The zero-order chi connectivity index (χ0) is 11.3. The number of alkyl halides is 3. The van der Waals surface area contributed by atoms with E-state index in [1.54, 1.807) is 18.2 Å². The molecule has 0 N–H and O–H groups in total. The molecule has 0 atom stereocenters. The second-order valence-corrected chi connectivity index (χ2v) is 2.85. The highest BCUT2D eigenvalue weighted by atomic mass is 19.4. The predicted molar refractivity (Wildman–Crippen MR) is 47.3 cm³/mol. The van der Waals surface area contributed by atoms with E-state index in [0.717, 1.165) is 0 Å². The van der Waals surface area contributed by atoms with Gasteiger partial charge in [0.25, 0.3) is 0 Å². The molecule has 0 spiro atoms. The van der Waals surface area contributed by atoms with Gasteiger partial charge in [-0.15, -0.1) is 0 Å². The van der Waals surface area contributed by atoms with Gasteiger partial charge in [0, 0.05) is 5.56 Å². The van der Waals surface area contributed by atoms with Gasteiger partial charge >= 0.3 is 6.18 Å². The quantitative estimate of drug-likeness (QED) is 0.776. The molecule has 15 heavy (non-hydrogen) atoms. The maximum atomic E-state index is 11.9. The topological polar surface area (TPSA) is 33.0 Å². The smallest absolute Gasteiger partial charge is 0.422 e. The van der Waals surface area contributed by atoms with Crippen molar-refractivity contribution in [3.05, 3.63) is 29.8 Å². The summed E-state index contributed by atoms with van der Waals surface area (Å²) in [6.45, 7) is -1.34. The van der Waals surface area contributed by atoms with E-state index in [1.807, 2.05) is 6.07 Å². The van der Waals surface area contributed by atoms with E-state index in [2.05, 4.69) is 4.74 Å². The van der Waals surface area contributed by atoms with Gasteiger partial charge < -0.3 is 4.74 Å². The first kappa shape index (κ1) is 11.4. The Hall–Kier alpha value is -1.70. The van der Waals surface area contributed by atoms with Crippen LogP contribution in [0.5, 0.6) is 5.75 Å². The SMILES string of the molecule is N#CCc1ccccc1OCC(F)(F)F. The molecule has 0 heterocycles. The van der Waals surface area contributed by atoms with Crippen LogP contribution in [0.2, 0.25) is 0 Å². The Bertz CT molecular complexity index is 368. The zero-order valence-corrected chi connectivity index (χ0v) is 7.71. The van der Waals surface area contributed by atoms with Crippen LogP contribution in [0.15, 0.2) is 24.3 Å². The summed E-state index contributed by atoms with van der Waals surface area (Å²) in [4.78, 5) is 0. The monoisotopic (exact) mass is 215 g/mol. The number of benzene rings is 1. The molecule has 0 saturated carbocycles. The molecular weight excluding hydrogens is 207 g/mol. The van der Waals surface area contributed by atoms with Crippen LogP contribution in [0.3, 0.4) is 0 Å². The van der Waals surface area contributed by atoms with Crippen molar-refractivity contribution in [3.63, 3.8) is 0 Å². The number of nitriles is 1. The maximum Gasteiger partial charge on any atom is 0.422 e. The number of hydrogen-bond donors (Lipinski definition) is 0. The van der Waals surface area contributed by atoms with Crippen LogP contribution in [0.1, 0.15) is 5.56 Å². The standard InChI is InChI=1S/C10H8F3NO/c11-10(12,13)7-15-9-4-2-1-3-8(9)5-6-14/h1-4H,5,7H2. The van der Waals surface area contributed by atoms with Crippen molar-refractivity contribution in [2.75, 3.05) is 6.61 Å². The maximum absolute atomic E-state index is 11.9. The van der Waals surface area contributed by atoms with Crippen molar-refractivity contribution >= 4 is 0 Å². The van der Waals surface area contributed by atoms with Crippen LogP contribution in [-0.2, 0) is 6.42 Å². The summed E-state index contributed by atoms with van der Waals surface area (Å²) < 4.78 is 40.2. The summed E-state index contributed by atoms with van der Waals surface area (Å²) in [7, 11) is 0. The molecule has 0 aliphatic heterocycles. The largest absolute Gasteiger partial charge is 0.484 e. The summed E-state index contributed by atoms with van der Waals surface area (Å²) in [6.07, 6.45) is -4.33. The van der Waals surface area contributed by atoms with Crippen molar-refractivity contribution in [1.29, 1.82) is 5.26 Å². The molecule has 0 aromatic heterocycles. The lowest BCUT2D eigenvalue weighted by molar-refractivity contribution is -0.153. The number of hydrogen-bond acceptors (Lipinski definition) is 2. The van der Waals surface area contributed by atoms with Gasteiger partial charge in [0.05, 0.1) is 12.5 Å². The summed E-state index contributed by atoms with van der Waals surface area (Å²) >= 11 is 0. The first-order valence-electron chi connectivity index (χ1n) is 4.17. The van der Waals surface area contributed by atoms with Crippen LogP contribution in [-0.4, -0.2) is 12.8 Å². The molecule has 0 aliphatic carbocycles. The fraction of sp³-hybridized carbons (Fsp3) is 0.300. The van der Waals surface area contributed by atoms with E-state index < -0.39 is 12.8 Å². The summed E-state index contributed by atoms with van der Waals surface area (Å²) in [5.74, 6) is 0.108. The molecule has 5 heteroatoms. The highest BCUT2D eigenvalue weighted by Gasteiger charge is 2.28. The lowest BCUT2D eigenvalue weighted by Gasteiger charge is -2.11. The minimum Gasteiger partial charge on any atom is -0.484 e. The van der Waals surface area contributed by atoms with Gasteiger partial charge in [0.1, 0.15) is 5.75 Å². The minimum atomic E-state index is -4.36. The Balaban J connectivity index is 2.72. The summed E-state index contributed by atoms with van der Waals surface area (Å²) in [5.41, 5.74) is 0.462. The van der Waals surface area contributed by atoms with Crippen molar-refractivity contribution < 1.29 is 17.9 Å². The Morgan fingerprint density at radius 3 is 2.53 bits per heavy atom. The van der Waals surface area contributed by atoms with E-state index in [4.69, 9.17) is 5.26 Å². The van der Waals surface area contributed by atoms with E-state index in [0.29, 0.717) is 5.56 Å². The highest BCUT2D eigenvalue weighted by molar-refractivity contribution is 5.35. The number of rotatable bonds is 3. The average Bonchev–Trinajstić information content (AvgIpc) is 2.16. The molecule has 2 nitrogen and oxygen atoms in total. The molecule has 1 rings (SSSR count). The third-order valence-corrected chi connectivity index (χ3v) is 1.63. The van der Waals surface area contributed by atoms with E-state index in [9.17, 15) is 13.2 Å². The number of ether oxygens (including phenoxy) is 1. The number of halogens is 3. The van der Waals surface area contributed by atoms with E-state index >= 15 is 0 Å². The minimum absolute atomic E-state index is 0.0357. The third kappa shape index (κ3) is 3.90. The van der Waals surface area contributed by atoms with Crippen molar-refractivity contribution in [1.82, 2.24) is 0 Å². The van der Waals surface area contributed by atoms with Gasteiger partial charge in [-0.25, -0.2) is 0 Å². The molecule has 1 aromatic rings. The molecule has 1 aromatic carbocycles. The molecule has 0 fully saturated rings. The fourth-order valence-electron chi connectivity index (χ4n) is 1.04. The van der Waals surface area contributed by atoms with Crippen LogP contribution < -0.4 is 4.74 Å². The van der Waals surface area contributed by atoms with E-state index in [-0.39, 0.29) is 12.2 Å². The Morgan fingerprint density at radius 1 is 1.27 bits per heavy atom. The van der Waals surface area contributed by atoms with E-state index in [1.165, 1.54) is 6.07 Å². The van der Waals surface area contributed by atoms with Crippen molar-refractivity contribution in [3.8, 4) is 11.8 Å². The van der Waals surface area contributed by atoms with Crippen LogP contribution in [0.4, 0.5) is 13.2 Å². The number of para-hydroxylation sites is 1. The second kappa shape index (κ2) is 4.69. The second-order valence-electron chi connectivity index (χ2n) is 2.85. The van der Waals surface area contributed by atoms with Gasteiger partial charge in [0.2, 0.25) is 0 Å². The van der Waals surface area contributed by atoms with Gasteiger partial charge in [-0.1, -0.05) is 18.2 Å². The first-order chi connectivity index (χ1) is 7.03. The predicted octanol–water partition coefficient (Wildman–Crippen LogP) is 2.69. The molecule has 0 unspecified atom stereocenters. The molecule has 0 bridgehead atoms. The fourth-order valence-corrected chi connectivity index (χ4v) is 1.04. The molecule has 0 saturated heterocycles. The zero-order valence-electron chi connectivity index (χ0n) is 7.71. The third-order valence-electron chi connectivity index (χ3n) is 1.63.